The van der Waals surface area contributed by atoms with Crippen molar-refractivity contribution in [3.63, 3.8) is 0 Å². The molecule has 2 N–H and O–H groups in total. The molecular weight excluding hydrogens is 246 g/mol. The Morgan fingerprint density at radius 1 is 1.72 bits per heavy atom. The first kappa shape index (κ1) is 13.5. The molecule has 2 rings (SSSR count). The number of rotatable bonds is 4. The predicted octanol–water partition coefficient (Wildman–Crippen LogP) is 2.02. The molecule has 1 aliphatic heterocycles. The van der Waals surface area contributed by atoms with Crippen LogP contribution in [0.3, 0.4) is 0 Å². The van der Waals surface area contributed by atoms with Gasteiger partial charge in [-0.15, -0.1) is 11.3 Å². The lowest BCUT2D eigenvalue weighted by atomic mass is 9.96. The van der Waals surface area contributed by atoms with Crippen LogP contribution in [-0.4, -0.2) is 24.0 Å². The molecule has 0 saturated carbocycles. The highest BCUT2D eigenvalue weighted by molar-refractivity contribution is 7.11. The predicted molar refractivity (Wildman–Crippen MR) is 73.6 cm³/mol. The van der Waals surface area contributed by atoms with Crippen molar-refractivity contribution in [1.82, 2.24) is 15.6 Å². The molecule has 2 atom stereocenters. The minimum absolute atomic E-state index is 0.0211. The number of hydrogen-bond donors (Lipinski definition) is 2. The van der Waals surface area contributed by atoms with Crippen LogP contribution in [0, 0.1) is 12.8 Å². The van der Waals surface area contributed by atoms with Crippen LogP contribution in [0.5, 0.6) is 0 Å². The maximum atomic E-state index is 11.9. The minimum Gasteiger partial charge on any atom is -0.347 e. The van der Waals surface area contributed by atoms with E-state index < -0.39 is 0 Å². The van der Waals surface area contributed by atoms with E-state index in [0.29, 0.717) is 12.3 Å². The van der Waals surface area contributed by atoms with Crippen molar-refractivity contribution in [2.45, 2.75) is 39.2 Å². The van der Waals surface area contributed by atoms with Crippen LogP contribution in [-0.2, 0) is 4.79 Å². The van der Waals surface area contributed by atoms with Gasteiger partial charge in [-0.25, -0.2) is 4.98 Å². The lowest BCUT2D eigenvalue weighted by molar-refractivity contribution is -0.122. The van der Waals surface area contributed by atoms with E-state index in [1.807, 2.05) is 20.0 Å². The summed E-state index contributed by atoms with van der Waals surface area (Å²) in [5.74, 6) is 0.632. The number of aromatic nitrogens is 1. The largest absolute Gasteiger partial charge is 0.347 e. The van der Waals surface area contributed by atoms with Gasteiger partial charge in [-0.3, -0.25) is 4.79 Å². The van der Waals surface area contributed by atoms with E-state index in [-0.39, 0.29) is 11.9 Å². The van der Waals surface area contributed by atoms with E-state index in [2.05, 4.69) is 15.6 Å². The van der Waals surface area contributed by atoms with Gasteiger partial charge in [-0.05, 0) is 45.7 Å². The molecule has 0 radical (unpaired) electrons. The topological polar surface area (TPSA) is 54.0 Å². The highest BCUT2D eigenvalue weighted by Gasteiger charge is 2.19. The summed E-state index contributed by atoms with van der Waals surface area (Å²) in [4.78, 5) is 17.4. The summed E-state index contributed by atoms with van der Waals surface area (Å²) in [6, 6.07) is 0.0211. The number of carbonyl (C=O) groups excluding carboxylic acids is 1. The zero-order valence-electron chi connectivity index (χ0n) is 11.0. The Hall–Kier alpha value is -0.940. The van der Waals surface area contributed by atoms with Crippen molar-refractivity contribution in [2.24, 2.45) is 5.92 Å². The number of amides is 1. The lowest BCUT2D eigenvalue weighted by Crippen LogP contribution is -2.35. The van der Waals surface area contributed by atoms with Crippen LogP contribution in [0.2, 0.25) is 0 Å². The maximum Gasteiger partial charge on any atom is 0.220 e. The van der Waals surface area contributed by atoms with Crippen molar-refractivity contribution in [2.75, 3.05) is 13.1 Å². The zero-order valence-corrected chi connectivity index (χ0v) is 11.8. The summed E-state index contributed by atoms with van der Waals surface area (Å²) in [5.41, 5.74) is 0. The number of thiazole rings is 1. The number of carbonyl (C=O) groups is 1. The van der Waals surface area contributed by atoms with Gasteiger partial charge in [0.25, 0.3) is 0 Å². The molecule has 1 saturated heterocycles. The summed E-state index contributed by atoms with van der Waals surface area (Å²) in [7, 11) is 0. The fourth-order valence-corrected chi connectivity index (χ4v) is 3.07. The van der Waals surface area contributed by atoms with Crippen LogP contribution in [0.4, 0.5) is 0 Å². The Morgan fingerprint density at radius 2 is 2.56 bits per heavy atom. The Kier molecular flexibility index (Phi) is 4.72. The van der Waals surface area contributed by atoms with Gasteiger partial charge in [0.15, 0.2) is 0 Å². The first-order valence-electron chi connectivity index (χ1n) is 6.57. The third-order valence-corrected chi connectivity index (χ3v) is 4.36. The number of piperidine rings is 1. The molecule has 0 aliphatic carbocycles. The Balaban J connectivity index is 1.79. The second-order valence-electron chi connectivity index (χ2n) is 5.01. The number of aryl methyl sites for hydroxylation is 1. The summed E-state index contributed by atoms with van der Waals surface area (Å²) < 4.78 is 0. The van der Waals surface area contributed by atoms with E-state index in [9.17, 15) is 4.79 Å². The molecule has 1 amide bonds. The van der Waals surface area contributed by atoms with Crippen molar-refractivity contribution in [3.05, 3.63) is 16.1 Å². The van der Waals surface area contributed by atoms with Gasteiger partial charge in [0.2, 0.25) is 5.91 Å². The Labute approximate surface area is 112 Å². The standard InChI is InChI=1S/C13H21N3OS/c1-9-7-15-13(18-9)10(2)16-12(17)6-11-4-3-5-14-8-11/h7,10-11,14H,3-6,8H2,1-2H3,(H,16,17). The fraction of sp³-hybridized carbons (Fsp3) is 0.692. The van der Waals surface area contributed by atoms with Crippen LogP contribution < -0.4 is 10.6 Å². The molecule has 100 valence electrons. The summed E-state index contributed by atoms with van der Waals surface area (Å²) in [5, 5.41) is 7.36. The smallest absolute Gasteiger partial charge is 0.220 e. The minimum atomic E-state index is 0.0211. The zero-order chi connectivity index (χ0) is 13.0. The fourth-order valence-electron chi connectivity index (χ4n) is 2.29. The molecule has 1 aromatic heterocycles. The van der Waals surface area contributed by atoms with Crippen LogP contribution in [0.1, 0.15) is 42.1 Å². The van der Waals surface area contributed by atoms with Crippen molar-refractivity contribution in [3.8, 4) is 0 Å². The molecule has 18 heavy (non-hydrogen) atoms. The van der Waals surface area contributed by atoms with Gasteiger partial charge >= 0.3 is 0 Å². The molecule has 4 nitrogen and oxygen atoms in total. The normalized spacial score (nSPS) is 21.6. The maximum absolute atomic E-state index is 11.9. The molecule has 1 aliphatic rings. The molecule has 5 heteroatoms. The van der Waals surface area contributed by atoms with Crippen LogP contribution >= 0.6 is 11.3 Å². The van der Waals surface area contributed by atoms with Crippen molar-refractivity contribution in [1.29, 1.82) is 0 Å². The first-order chi connectivity index (χ1) is 8.65. The van der Waals surface area contributed by atoms with E-state index in [1.165, 1.54) is 11.3 Å². The molecular formula is C13H21N3OS. The molecule has 0 bridgehead atoms. The van der Waals surface area contributed by atoms with Gasteiger partial charge in [0.05, 0.1) is 6.04 Å². The average Bonchev–Trinajstić information content (AvgIpc) is 2.77. The van der Waals surface area contributed by atoms with Gasteiger partial charge < -0.3 is 10.6 Å². The average molecular weight is 267 g/mol. The first-order valence-corrected chi connectivity index (χ1v) is 7.39. The summed E-state index contributed by atoms with van der Waals surface area (Å²) >= 11 is 1.65. The van der Waals surface area contributed by atoms with Gasteiger partial charge in [-0.1, -0.05) is 0 Å². The molecule has 0 spiro atoms. The summed E-state index contributed by atoms with van der Waals surface area (Å²) in [6.07, 6.45) is 4.82. The van der Waals surface area contributed by atoms with E-state index in [0.717, 1.165) is 24.5 Å². The van der Waals surface area contributed by atoms with Crippen LogP contribution in [0.25, 0.3) is 0 Å². The monoisotopic (exact) mass is 267 g/mol. The van der Waals surface area contributed by atoms with E-state index in [1.54, 1.807) is 11.3 Å². The molecule has 1 aromatic rings. The van der Waals surface area contributed by atoms with Gasteiger partial charge in [-0.2, -0.15) is 0 Å². The quantitative estimate of drug-likeness (QED) is 0.877. The molecule has 2 heterocycles. The molecule has 2 unspecified atom stereocenters. The third-order valence-electron chi connectivity index (χ3n) is 3.26. The lowest BCUT2D eigenvalue weighted by Gasteiger charge is -2.22. The van der Waals surface area contributed by atoms with E-state index >= 15 is 0 Å². The van der Waals surface area contributed by atoms with Gasteiger partial charge in [0, 0.05) is 17.5 Å². The number of nitrogens with zero attached hydrogens (tertiary/aromatic N) is 1. The highest BCUT2D eigenvalue weighted by atomic mass is 32.1. The van der Waals surface area contributed by atoms with Gasteiger partial charge in [0.1, 0.15) is 5.01 Å². The van der Waals surface area contributed by atoms with E-state index in [4.69, 9.17) is 0 Å². The highest BCUT2D eigenvalue weighted by Crippen LogP contribution is 2.20. The molecule has 1 fully saturated rings. The number of hydrogen-bond acceptors (Lipinski definition) is 4. The molecule has 0 aromatic carbocycles. The second-order valence-corrected chi connectivity index (χ2v) is 6.28. The Morgan fingerprint density at radius 3 is 3.17 bits per heavy atom. The SMILES string of the molecule is Cc1cnc(C(C)NC(=O)CC2CCCNC2)s1. The second kappa shape index (κ2) is 6.29. The van der Waals surface area contributed by atoms with Crippen LogP contribution in [0.15, 0.2) is 6.20 Å². The van der Waals surface area contributed by atoms with Crippen molar-refractivity contribution < 1.29 is 4.79 Å². The number of nitrogens with one attached hydrogen (secondary N) is 2. The Bertz CT molecular complexity index is 399. The third kappa shape index (κ3) is 3.78. The summed E-state index contributed by atoms with van der Waals surface area (Å²) in [6.45, 7) is 6.09. The van der Waals surface area contributed by atoms with Crippen molar-refractivity contribution >= 4 is 17.2 Å².